The number of hydrogen-bond donors (Lipinski definition) is 0. The summed E-state index contributed by atoms with van der Waals surface area (Å²) >= 11 is 3.48. The maximum atomic E-state index is 8.95. The molecule has 0 fully saturated rings. The average Bonchev–Trinajstić information content (AvgIpc) is 2.47. The van der Waals surface area contributed by atoms with Gasteiger partial charge in [0.25, 0.3) is 0 Å². The predicted molar refractivity (Wildman–Crippen MR) is 87.1 cm³/mol. The van der Waals surface area contributed by atoms with Gasteiger partial charge in [0.1, 0.15) is 0 Å². The second kappa shape index (κ2) is 6.58. The third-order valence-corrected chi connectivity index (χ3v) is 3.95. The Morgan fingerprint density at radius 1 is 1.15 bits per heavy atom. The van der Waals surface area contributed by atoms with Gasteiger partial charge >= 0.3 is 0 Å². The van der Waals surface area contributed by atoms with Crippen molar-refractivity contribution in [3.05, 3.63) is 64.7 Å². The van der Waals surface area contributed by atoms with Crippen molar-refractivity contribution in [1.82, 2.24) is 0 Å². The second-order valence-electron chi connectivity index (χ2n) is 4.92. The number of alkyl halides is 1. The molecule has 0 radical (unpaired) electrons. The molecular weight excluding hydrogens is 312 g/mol. The van der Waals surface area contributed by atoms with E-state index >= 15 is 0 Å². The molecule has 0 N–H and O–H groups in total. The number of nitriles is 1. The van der Waals surface area contributed by atoms with Gasteiger partial charge in [-0.05, 0) is 41.8 Å². The maximum absolute atomic E-state index is 8.95. The zero-order valence-electron chi connectivity index (χ0n) is 11.7. The molecule has 2 nitrogen and oxygen atoms in total. The van der Waals surface area contributed by atoms with Gasteiger partial charge in [0.05, 0.1) is 11.6 Å². The quantitative estimate of drug-likeness (QED) is 0.778. The van der Waals surface area contributed by atoms with Crippen LogP contribution in [-0.4, -0.2) is 7.05 Å². The smallest absolute Gasteiger partial charge is 0.0991 e. The lowest BCUT2D eigenvalue weighted by molar-refractivity contribution is 0.916. The van der Waals surface area contributed by atoms with E-state index in [4.69, 9.17) is 5.26 Å². The highest BCUT2D eigenvalue weighted by atomic mass is 79.9. The summed E-state index contributed by atoms with van der Waals surface area (Å²) in [7, 11) is 2.08. The minimum absolute atomic E-state index is 0.710. The molecule has 0 amide bonds. The van der Waals surface area contributed by atoms with Crippen LogP contribution in [0.15, 0.2) is 42.5 Å². The van der Waals surface area contributed by atoms with Crippen molar-refractivity contribution in [2.75, 3.05) is 11.9 Å². The van der Waals surface area contributed by atoms with E-state index in [-0.39, 0.29) is 0 Å². The van der Waals surface area contributed by atoms with E-state index < -0.39 is 0 Å². The topological polar surface area (TPSA) is 27.0 Å². The van der Waals surface area contributed by atoms with E-state index in [0.717, 1.165) is 17.4 Å². The van der Waals surface area contributed by atoms with Gasteiger partial charge < -0.3 is 4.90 Å². The Kier molecular flexibility index (Phi) is 4.81. The second-order valence-corrected chi connectivity index (χ2v) is 5.48. The number of aryl methyl sites for hydroxylation is 1. The Bertz CT molecular complexity index is 644. The van der Waals surface area contributed by atoms with Crippen LogP contribution in [0.4, 0.5) is 5.69 Å². The number of anilines is 1. The van der Waals surface area contributed by atoms with Crippen LogP contribution < -0.4 is 4.90 Å². The lowest BCUT2D eigenvalue weighted by atomic mass is 10.1. The van der Waals surface area contributed by atoms with Gasteiger partial charge in [-0.15, -0.1) is 0 Å². The molecule has 0 aliphatic heterocycles. The molecule has 0 saturated heterocycles. The first-order valence-electron chi connectivity index (χ1n) is 6.49. The molecule has 3 heteroatoms. The third kappa shape index (κ3) is 3.40. The van der Waals surface area contributed by atoms with Crippen molar-refractivity contribution < 1.29 is 0 Å². The van der Waals surface area contributed by atoms with Crippen LogP contribution in [0.3, 0.4) is 0 Å². The normalized spacial score (nSPS) is 10.1. The summed E-state index contributed by atoms with van der Waals surface area (Å²) in [4.78, 5) is 2.21. The first-order chi connectivity index (χ1) is 9.63. The fourth-order valence-corrected chi connectivity index (χ4v) is 2.68. The van der Waals surface area contributed by atoms with Crippen molar-refractivity contribution in [2.45, 2.75) is 18.8 Å². The van der Waals surface area contributed by atoms with Gasteiger partial charge in [-0.1, -0.05) is 40.2 Å². The molecule has 20 heavy (non-hydrogen) atoms. The minimum Gasteiger partial charge on any atom is -0.370 e. The van der Waals surface area contributed by atoms with Gasteiger partial charge in [0, 0.05) is 24.6 Å². The number of benzene rings is 2. The summed E-state index contributed by atoms with van der Waals surface area (Å²) in [5.41, 5.74) is 5.63. The fraction of sp³-hybridized carbons (Fsp3) is 0.235. The number of nitrogens with zero attached hydrogens (tertiary/aromatic N) is 2. The first kappa shape index (κ1) is 14.6. The Labute approximate surface area is 128 Å². The molecule has 0 aliphatic carbocycles. The van der Waals surface area contributed by atoms with Crippen LogP contribution in [0, 0.1) is 18.3 Å². The molecule has 2 rings (SSSR count). The lowest BCUT2D eigenvalue weighted by Gasteiger charge is -2.22. The zero-order chi connectivity index (χ0) is 14.5. The van der Waals surface area contributed by atoms with Crippen molar-refractivity contribution in [1.29, 1.82) is 5.26 Å². The maximum Gasteiger partial charge on any atom is 0.0991 e. The molecular formula is C17H17BrN2. The standard InChI is InChI=1S/C17H17BrN2/c1-13-8-14(10-18)6-7-17(13)20(2)12-16-5-3-4-15(9-16)11-19/h3-9H,10,12H2,1-2H3. The molecule has 0 saturated carbocycles. The van der Waals surface area contributed by atoms with E-state index in [2.05, 4.69) is 65.1 Å². The molecule has 0 bridgehead atoms. The van der Waals surface area contributed by atoms with Gasteiger partial charge in [0.2, 0.25) is 0 Å². The van der Waals surface area contributed by atoms with E-state index in [1.54, 1.807) is 0 Å². The molecule has 2 aromatic carbocycles. The predicted octanol–water partition coefficient (Wildman–Crippen LogP) is 4.40. The van der Waals surface area contributed by atoms with Crippen molar-refractivity contribution >= 4 is 21.6 Å². The van der Waals surface area contributed by atoms with Crippen LogP contribution in [0.5, 0.6) is 0 Å². The summed E-state index contributed by atoms with van der Waals surface area (Å²) in [5.74, 6) is 0. The summed E-state index contributed by atoms with van der Waals surface area (Å²) in [6.45, 7) is 2.92. The van der Waals surface area contributed by atoms with Crippen LogP contribution in [0.25, 0.3) is 0 Å². The SMILES string of the molecule is Cc1cc(CBr)ccc1N(C)Cc1cccc(C#N)c1. The van der Waals surface area contributed by atoms with E-state index in [9.17, 15) is 0 Å². The number of halogens is 1. The Balaban J connectivity index is 2.19. The van der Waals surface area contributed by atoms with Crippen molar-refractivity contribution in [2.24, 2.45) is 0 Å². The molecule has 0 unspecified atom stereocenters. The van der Waals surface area contributed by atoms with Gasteiger partial charge in [-0.3, -0.25) is 0 Å². The molecule has 0 atom stereocenters. The van der Waals surface area contributed by atoms with Crippen LogP contribution >= 0.6 is 15.9 Å². The Morgan fingerprint density at radius 2 is 1.95 bits per heavy atom. The first-order valence-corrected chi connectivity index (χ1v) is 7.62. The highest BCUT2D eigenvalue weighted by Gasteiger charge is 2.06. The van der Waals surface area contributed by atoms with E-state index in [1.807, 2.05) is 18.2 Å². The highest BCUT2D eigenvalue weighted by molar-refractivity contribution is 9.08. The Hall–Kier alpha value is -1.79. The molecule has 0 heterocycles. The fourth-order valence-electron chi connectivity index (χ4n) is 2.33. The summed E-state index contributed by atoms with van der Waals surface area (Å²) in [6.07, 6.45) is 0. The highest BCUT2D eigenvalue weighted by Crippen LogP contribution is 2.23. The summed E-state index contributed by atoms with van der Waals surface area (Å²) < 4.78 is 0. The van der Waals surface area contributed by atoms with Crippen LogP contribution in [-0.2, 0) is 11.9 Å². The molecule has 0 aromatic heterocycles. The number of hydrogen-bond acceptors (Lipinski definition) is 2. The summed E-state index contributed by atoms with van der Waals surface area (Å²) in [5, 5.41) is 9.82. The molecule has 2 aromatic rings. The van der Waals surface area contributed by atoms with Gasteiger partial charge in [-0.2, -0.15) is 5.26 Å². The average molecular weight is 329 g/mol. The Morgan fingerprint density at radius 3 is 2.60 bits per heavy atom. The largest absolute Gasteiger partial charge is 0.370 e. The monoisotopic (exact) mass is 328 g/mol. The summed E-state index contributed by atoms with van der Waals surface area (Å²) in [6, 6.07) is 16.4. The van der Waals surface area contributed by atoms with Crippen molar-refractivity contribution in [3.63, 3.8) is 0 Å². The lowest BCUT2D eigenvalue weighted by Crippen LogP contribution is -2.17. The minimum atomic E-state index is 0.710. The van der Waals surface area contributed by atoms with Crippen molar-refractivity contribution in [3.8, 4) is 6.07 Å². The van der Waals surface area contributed by atoms with Crippen LogP contribution in [0.1, 0.15) is 22.3 Å². The van der Waals surface area contributed by atoms with Gasteiger partial charge in [-0.25, -0.2) is 0 Å². The number of rotatable bonds is 4. The third-order valence-electron chi connectivity index (χ3n) is 3.30. The zero-order valence-corrected chi connectivity index (χ0v) is 13.3. The molecule has 102 valence electrons. The van der Waals surface area contributed by atoms with Gasteiger partial charge in [0.15, 0.2) is 0 Å². The van der Waals surface area contributed by atoms with E-state index in [1.165, 1.54) is 16.8 Å². The molecule has 0 aliphatic rings. The van der Waals surface area contributed by atoms with E-state index in [0.29, 0.717) is 5.56 Å². The molecule has 0 spiro atoms. The van der Waals surface area contributed by atoms with Crippen LogP contribution in [0.2, 0.25) is 0 Å².